The average molecular weight is 242 g/mol. The van der Waals surface area contributed by atoms with Gasteiger partial charge in [-0.15, -0.1) is 0 Å². The van der Waals surface area contributed by atoms with Gasteiger partial charge in [-0.3, -0.25) is 0 Å². The number of hydrogen-bond acceptors (Lipinski definition) is 1. The highest BCUT2D eigenvalue weighted by atomic mass is 79.9. The van der Waals surface area contributed by atoms with Gasteiger partial charge in [0.15, 0.2) is 0 Å². The molecule has 1 rings (SSSR count). The predicted molar refractivity (Wildman–Crippen MR) is 61.0 cm³/mol. The largest absolute Gasteiger partial charge is 0.310 e. The van der Waals surface area contributed by atoms with Crippen molar-refractivity contribution in [3.8, 4) is 0 Å². The van der Waals surface area contributed by atoms with Gasteiger partial charge in [-0.2, -0.15) is 0 Å². The van der Waals surface area contributed by atoms with Crippen LogP contribution in [0.25, 0.3) is 0 Å². The number of rotatable bonds is 3. The number of benzene rings is 1. The fourth-order valence-corrected chi connectivity index (χ4v) is 2.00. The van der Waals surface area contributed by atoms with E-state index in [2.05, 4.69) is 60.2 Å². The number of halogens is 1. The van der Waals surface area contributed by atoms with Gasteiger partial charge in [0.1, 0.15) is 0 Å². The van der Waals surface area contributed by atoms with Gasteiger partial charge in [-0.05, 0) is 32.0 Å². The molecule has 1 nitrogen and oxygen atoms in total. The molecule has 0 heterocycles. The summed E-state index contributed by atoms with van der Waals surface area (Å²) in [6, 6.07) is 6.86. The van der Waals surface area contributed by atoms with E-state index in [0.29, 0.717) is 6.04 Å². The molecule has 0 aliphatic rings. The van der Waals surface area contributed by atoms with E-state index in [1.54, 1.807) is 0 Å². The molecular formula is C11H16BrN. The summed E-state index contributed by atoms with van der Waals surface area (Å²) < 4.78 is 1.19. The van der Waals surface area contributed by atoms with Crippen LogP contribution in [0.5, 0.6) is 0 Å². The summed E-state index contributed by atoms with van der Waals surface area (Å²) in [7, 11) is 0. The van der Waals surface area contributed by atoms with Gasteiger partial charge in [0.05, 0.1) is 0 Å². The highest BCUT2D eigenvalue weighted by Crippen LogP contribution is 2.24. The van der Waals surface area contributed by atoms with Gasteiger partial charge >= 0.3 is 0 Å². The maximum atomic E-state index is 3.56. The van der Waals surface area contributed by atoms with E-state index < -0.39 is 0 Å². The summed E-state index contributed by atoms with van der Waals surface area (Å²) in [4.78, 5) is 0. The van der Waals surface area contributed by atoms with Crippen molar-refractivity contribution in [1.29, 1.82) is 0 Å². The molecule has 1 aromatic rings. The number of hydrogen-bond donors (Lipinski definition) is 1. The lowest BCUT2D eigenvalue weighted by Gasteiger charge is -2.15. The van der Waals surface area contributed by atoms with Crippen molar-refractivity contribution in [3.63, 3.8) is 0 Å². The zero-order chi connectivity index (χ0) is 9.84. The van der Waals surface area contributed by atoms with E-state index in [-0.39, 0.29) is 0 Å². The maximum absolute atomic E-state index is 3.56. The zero-order valence-corrected chi connectivity index (χ0v) is 9.98. The molecule has 1 N–H and O–H groups in total. The topological polar surface area (TPSA) is 12.0 Å². The molecule has 0 aliphatic carbocycles. The zero-order valence-electron chi connectivity index (χ0n) is 8.39. The highest BCUT2D eigenvalue weighted by Gasteiger charge is 2.07. The van der Waals surface area contributed by atoms with Crippen LogP contribution in [0.3, 0.4) is 0 Å². The Morgan fingerprint density at radius 3 is 2.77 bits per heavy atom. The second kappa shape index (κ2) is 4.77. The molecule has 0 bridgehead atoms. The SMILES string of the molecule is CCNC(C)c1cc(C)ccc1Br. The van der Waals surface area contributed by atoms with Gasteiger partial charge < -0.3 is 5.32 Å². The molecule has 1 unspecified atom stereocenters. The number of nitrogens with one attached hydrogen (secondary N) is 1. The van der Waals surface area contributed by atoms with Crippen LogP contribution in [0.15, 0.2) is 22.7 Å². The van der Waals surface area contributed by atoms with Crippen LogP contribution >= 0.6 is 15.9 Å². The fraction of sp³-hybridized carbons (Fsp3) is 0.455. The van der Waals surface area contributed by atoms with Crippen LogP contribution in [0.4, 0.5) is 0 Å². The van der Waals surface area contributed by atoms with Crippen LogP contribution in [-0.2, 0) is 0 Å². The van der Waals surface area contributed by atoms with Crippen molar-refractivity contribution in [2.45, 2.75) is 26.8 Å². The summed E-state index contributed by atoms with van der Waals surface area (Å²) in [6.07, 6.45) is 0. The Labute approximate surface area is 88.7 Å². The fourth-order valence-electron chi connectivity index (χ4n) is 1.41. The Morgan fingerprint density at radius 2 is 2.15 bits per heavy atom. The van der Waals surface area contributed by atoms with Crippen molar-refractivity contribution in [1.82, 2.24) is 5.32 Å². The number of aryl methyl sites for hydroxylation is 1. The first-order valence-electron chi connectivity index (χ1n) is 4.64. The first kappa shape index (κ1) is 10.7. The minimum Gasteiger partial charge on any atom is -0.310 e. The summed E-state index contributed by atoms with van der Waals surface area (Å²) in [5.41, 5.74) is 2.64. The molecule has 0 radical (unpaired) electrons. The lowest BCUT2D eigenvalue weighted by atomic mass is 10.1. The maximum Gasteiger partial charge on any atom is 0.0302 e. The molecular weight excluding hydrogens is 226 g/mol. The third-order valence-electron chi connectivity index (χ3n) is 2.13. The van der Waals surface area contributed by atoms with Crippen molar-refractivity contribution in [2.75, 3.05) is 6.54 Å². The van der Waals surface area contributed by atoms with Crippen LogP contribution in [0.2, 0.25) is 0 Å². The molecule has 13 heavy (non-hydrogen) atoms. The van der Waals surface area contributed by atoms with Crippen LogP contribution in [0, 0.1) is 6.92 Å². The monoisotopic (exact) mass is 241 g/mol. The van der Waals surface area contributed by atoms with Gasteiger partial charge in [0.2, 0.25) is 0 Å². The highest BCUT2D eigenvalue weighted by molar-refractivity contribution is 9.10. The minimum atomic E-state index is 0.416. The lowest BCUT2D eigenvalue weighted by molar-refractivity contribution is 0.595. The molecule has 0 aliphatic heterocycles. The van der Waals surface area contributed by atoms with Crippen molar-refractivity contribution >= 4 is 15.9 Å². The first-order chi connectivity index (χ1) is 6.15. The van der Waals surface area contributed by atoms with Crippen LogP contribution in [0.1, 0.15) is 31.0 Å². The van der Waals surface area contributed by atoms with Gasteiger partial charge in [0, 0.05) is 10.5 Å². The van der Waals surface area contributed by atoms with Gasteiger partial charge in [0.25, 0.3) is 0 Å². The second-order valence-corrected chi connectivity index (χ2v) is 4.16. The van der Waals surface area contributed by atoms with Crippen molar-refractivity contribution in [2.24, 2.45) is 0 Å². The Balaban J connectivity index is 2.91. The molecule has 1 aromatic carbocycles. The summed E-state index contributed by atoms with van der Waals surface area (Å²) in [5.74, 6) is 0. The summed E-state index contributed by atoms with van der Waals surface area (Å²) >= 11 is 3.56. The van der Waals surface area contributed by atoms with E-state index in [0.717, 1.165) is 6.54 Å². The molecule has 0 spiro atoms. The third kappa shape index (κ3) is 2.82. The molecule has 0 aromatic heterocycles. The normalized spacial score (nSPS) is 12.9. The standard InChI is InChI=1S/C11H16BrN/c1-4-13-9(3)10-7-8(2)5-6-11(10)12/h5-7,9,13H,4H2,1-3H3. The van der Waals surface area contributed by atoms with E-state index in [1.165, 1.54) is 15.6 Å². The molecule has 0 saturated heterocycles. The summed E-state index contributed by atoms with van der Waals surface area (Å²) in [5, 5.41) is 3.40. The molecule has 1 atom stereocenters. The minimum absolute atomic E-state index is 0.416. The van der Waals surface area contributed by atoms with E-state index in [1.807, 2.05) is 0 Å². The van der Waals surface area contributed by atoms with Gasteiger partial charge in [-0.1, -0.05) is 40.5 Å². The van der Waals surface area contributed by atoms with Crippen molar-refractivity contribution < 1.29 is 0 Å². The molecule has 0 amide bonds. The quantitative estimate of drug-likeness (QED) is 0.856. The van der Waals surface area contributed by atoms with Crippen LogP contribution in [-0.4, -0.2) is 6.54 Å². The molecule has 0 fully saturated rings. The molecule has 2 heteroatoms. The van der Waals surface area contributed by atoms with E-state index in [9.17, 15) is 0 Å². The Morgan fingerprint density at radius 1 is 1.46 bits per heavy atom. The Hall–Kier alpha value is -0.340. The predicted octanol–water partition coefficient (Wildman–Crippen LogP) is 3.43. The lowest BCUT2D eigenvalue weighted by Crippen LogP contribution is -2.18. The third-order valence-corrected chi connectivity index (χ3v) is 2.85. The Kier molecular flexibility index (Phi) is 3.94. The average Bonchev–Trinajstić information content (AvgIpc) is 2.09. The Bertz CT molecular complexity index is 283. The van der Waals surface area contributed by atoms with Crippen LogP contribution < -0.4 is 5.32 Å². The smallest absolute Gasteiger partial charge is 0.0302 e. The van der Waals surface area contributed by atoms with E-state index in [4.69, 9.17) is 0 Å². The first-order valence-corrected chi connectivity index (χ1v) is 5.44. The molecule has 0 saturated carbocycles. The van der Waals surface area contributed by atoms with Crippen molar-refractivity contribution in [3.05, 3.63) is 33.8 Å². The second-order valence-electron chi connectivity index (χ2n) is 3.30. The summed E-state index contributed by atoms with van der Waals surface area (Å²) in [6.45, 7) is 7.43. The molecule has 72 valence electrons. The van der Waals surface area contributed by atoms with E-state index >= 15 is 0 Å². The van der Waals surface area contributed by atoms with Gasteiger partial charge in [-0.25, -0.2) is 0 Å².